The van der Waals surface area contributed by atoms with E-state index in [1.165, 1.54) is 0 Å². The van der Waals surface area contributed by atoms with Crippen LogP contribution in [0.3, 0.4) is 0 Å². The van der Waals surface area contributed by atoms with E-state index in [1.54, 1.807) is 0 Å². The van der Waals surface area contributed by atoms with Crippen molar-refractivity contribution < 1.29 is 24.3 Å². The van der Waals surface area contributed by atoms with Gasteiger partial charge in [0.05, 0.1) is 6.04 Å². The van der Waals surface area contributed by atoms with Crippen molar-refractivity contribution in [2.24, 2.45) is 29.0 Å². The van der Waals surface area contributed by atoms with E-state index in [2.05, 4.69) is 16.0 Å². The van der Waals surface area contributed by atoms with Crippen LogP contribution < -0.4 is 33.2 Å². The molecule has 3 amide bonds. The first-order valence-electron chi connectivity index (χ1n) is 12.7. The molecule has 0 aromatic rings. The van der Waals surface area contributed by atoms with Crippen molar-refractivity contribution >= 4 is 23.7 Å². The molecule has 10 N–H and O–H groups in total. The van der Waals surface area contributed by atoms with Crippen molar-refractivity contribution in [1.29, 1.82) is 0 Å². The molecule has 0 spiro atoms. The molecular weight excluding hydrogens is 452 g/mol. The van der Waals surface area contributed by atoms with Gasteiger partial charge < -0.3 is 38.3 Å². The van der Waals surface area contributed by atoms with Gasteiger partial charge in [0, 0.05) is 0 Å². The van der Waals surface area contributed by atoms with Crippen molar-refractivity contribution in [1.82, 2.24) is 16.0 Å². The van der Waals surface area contributed by atoms with E-state index >= 15 is 0 Å². The van der Waals surface area contributed by atoms with Gasteiger partial charge in [-0.2, -0.15) is 0 Å². The highest BCUT2D eigenvalue weighted by atomic mass is 16.4. The highest BCUT2D eigenvalue weighted by Crippen LogP contribution is 2.10. The van der Waals surface area contributed by atoms with Gasteiger partial charge in [-0.05, 0) is 76.3 Å². The Bertz CT molecular complexity index is 658. The predicted molar refractivity (Wildman–Crippen MR) is 136 cm³/mol. The summed E-state index contributed by atoms with van der Waals surface area (Å²) in [4.78, 5) is 50.3. The third-order valence-corrected chi connectivity index (χ3v) is 5.54. The Kier molecular flexibility index (Phi) is 16.9. The monoisotopic (exact) mass is 500 g/mol. The molecule has 0 heterocycles. The van der Waals surface area contributed by atoms with Gasteiger partial charge in [0.1, 0.15) is 18.1 Å². The minimum Gasteiger partial charge on any atom is -0.480 e. The molecule has 0 unspecified atom stereocenters. The largest absolute Gasteiger partial charge is 0.480 e. The molecule has 0 aliphatic rings. The molecule has 4 atom stereocenters. The summed E-state index contributed by atoms with van der Waals surface area (Å²) >= 11 is 0. The molecule has 204 valence electrons. The fraction of sp³-hybridized carbons (Fsp3) is 0.833. The van der Waals surface area contributed by atoms with Gasteiger partial charge in [0.25, 0.3) is 0 Å². The van der Waals surface area contributed by atoms with E-state index < -0.39 is 47.9 Å². The van der Waals surface area contributed by atoms with Crippen LogP contribution in [0.1, 0.15) is 79.1 Å². The van der Waals surface area contributed by atoms with Gasteiger partial charge >= 0.3 is 5.97 Å². The summed E-state index contributed by atoms with van der Waals surface area (Å²) in [5, 5.41) is 17.5. The number of rotatable bonds is 19. The smallest absolute Gasteiger partial charge is 0.326 e. The third-order valence-electron chi connectivity index (χ3n) is 5.54. The minimum atomic E-state index is -1.15. The van der Waals surface area contributed by atoms with E-state index in [4.69, 9.17) is 17.2 Å². The fourth-order valence-corrected chi connectivity index (χ4v) is 3.65. The molecule has 0 aliphatic carbocycles. The fourth-order valence-electron chi connectivity index (χ4n) is 3.65. The molecule has 0 fully saturated rings. The molecule has 11 heteroatoms. The van der Waals surface area contributed by atoms with Crippen molar-refractivity contribution in [3.8, 4) is 0 Å². The van der Waals surface area contributed by atoms with Gasteiger partial charge in [-0.25, -0.2) is 4.79 Å². The summed E-state index contributed by atoms with van der Waals surface area (Å²) in [6, 6.07) is -3.65. The van der Waals surface area contributed by atoms with Crippen molar-refractivity contribution in [3.05, 3.63) is 0 Å². The number of aliphatic carboxylic acids is 1. The summed E-state index contributed by atoms with van der Waals surface area (Å²) < 4.78 is 0. The van der Waals surface area contributed by atoms with Crippen LogP contribution in [-0.4, -0.2) is 66.1 Å². The Morgan fingerprint density at radius 3 is 1.54 bits per heavy atom. The van der Waals surface area contributed by atoms with E-state index in [0.29, 0.717) is 58.0 Å². The van der Waals surface area contributed by atoms with E-state index in [0.717, 1.165) is 0 Å². The van der Waals surface area contributed by atoms with Crippen LogP contribution in [0, 0.1) is 11.8 Å². The van der Waals surface area contributed by atoms with E-state index in [1.807, 2.05) is 27.7 Å². The lowest BCUT2D eigenvalue weighted by atomic mass is 10.00. The van der Waals surface area contributed by atoms with E-state index in [-0.39, 0.29) is 18.3 Å². The predicted octanol–water partition coefficient (Wildman–Crippen LogP) is 0.203. The molecular formula is C24H48N6O5. The summed E-state index contributed by atoms with van der Waals surface area (Å²) in [6.45, 7) is 8.61. The van der Waals surface area contributed by atoms with Gasteiger partial charge in [-0.3, -0.25) is 14.4 Å². The summed E-state index contributed by atoms with van der Waals surface area (Å²) in [5.41, 5.74) is 17.0. The number of nitrogens with two attached hydrogens (primary N) is 3. The zero-order chi connectivity index (χ0) is 27.0. The van der Waals surface area contributed by atoms with Crippen LogP contribution in [0.25, 0.3) is 0 Å². The number of carboxylic acids is 1. The lowest BCUT2D eigenvalue weighted by Crippen LogP contribution is -2.57. The molecule has 0 radical (unpaired) electrons. The maximum absolute atomic E-state index is 13.1. The van der Waals surface area contributed by atoms with Crippen molar-refractivity contribution in [2.45, 2.75) is 103 Å². The number of hydrogen-bond donors (Lipinski definition) is 7. The number of nitrogens with one attached hydrogen (secondary N) is 3. The zero-order valence-electron chi connectivity index (χ0n) is 21.8. The molecule has 11 nitrogen and oxygen atoms in total. The normalized spacial score (nSPS) is 14.8. The Balaban J connectivity index is 5.47. The number of hydrogen-bond acceptors (Lipinski definition) is 7. The van der Waals surface area contributed by atoms with Gasteiger partial charge in [-0.15, -0.1) is 0 Å². The van der Waals surface area contributed by atoms with E-state index in [9.17, 15) is 24.3 Å². The van der Waals surface area contributed by atoms with Crippen LogP contribution in [0.4, 0.5) is 0 Å². The lowest BCUT2D eigenvalue weighted by Gasteiger charge is -2.26. The summed E-state index contributed by atoms with van der Waals surface area (Å²) in [5.74, 6) is -2.35. The van der Waals surface area contributed by atoms with Gasteiger partial charge in [0.2, 0.25) is 17.7 Å². The minimum absolute atomic E-state index is 0.0934. The standard InChI is InChI=1S/C24H48N6O5/c1-15(2)13-17(27)21(31)30-20(14-16(3)4)23(33)28-18(9-5-7-11-25)22(32)29-19(24(34)35)10-6-8-12-26/h15-20H,5-14,25-27H2,1-4H3,(H,28,33)(H,29,32)(H,30,31)(H,34,35)/t17-,18-,19-,20-/m0/s1. The van der Waals surface area contributed by atoms with Gasteiger partial charge in [0.15, 0.2) is 0 Å². The zero-order valence-corrected chi connectivity index (χ0v) is 21.8. The van der Waals surface area contributed by atoms with Crippen LogP contribution >= 0.6 is 0 Å². The van der Waals surface area contributed by atoms with Crippen molar-refractivity contribution in [3.63, 3.8) is 0 Å². The average Bonchev–Trinajstić information content (AvgIpc) is 2.76. The number of unbranched alkanes of at least 4 members (excludes halogenated alkanes) is 2. The summed E-state index contributed by atoms with van der Waals surface area (Å²) in [7, 11) is 0. The second-order valence-corrected chi connectivity index (χ2v) is 9.96. The van der Waals surface area contributed by atoms with Crippen LogP contribution in [0.15, 0.2) is 0 Å². The lowest BCUT2D eigenvalue weighted by molar-refractivity contribution is -0.142. The first kappa shape index (κ1) is 32.8. The molecule has 0 aromatic carbocycles. The molecule has 0 aromatic heterocycles. The Morgan fingerprint density at radius 2 is 1.09 bits per heavy atom. The molecule has 0 bridgehead atoms. The molecule has 0 saturated heterocycles. The number of amides is 3. The molecule has 0 rings (SSSR count). The van der Waals surface area contributed by atoms with Crippen LogP contribution in [-0.2, 0) is 19.2 Å². The third kappa shape index (κ3) is 14.7. The van der Waals surface area contributed by atoms with Crippen LogP contribution in [0.5, 0.6) is 0 Å². The highest BCUT2D eigenvalue weighted by Gasteiger charge is 2.30. The Hall–Kier alpha value is -2.24. The molecule has 0 aliphatic heterocycles. The Labute approximate surface area is 209 Å². The van der Waals surface area contributed by atoms with Crippen LogP contribution in [0.2, 0.25) is 0 Å². The number of carbonyl (C=O) groups is 4. The maximum atomic E-state index is 13.1. The average molecular weight is 501 g/mol. The first-order chi connectivity index (χ1) is 16.4. The quantitative estimate of drug-likeness (QED) is 0.122. The molecule has 35 heavy (non-hydrogen) atoms. The number of carboxylic acid groups (broad SMARTS) is 1. The first-order valence-corrected chi connectivity index (χ1v) is 12.7. The SMILES string of the molecule is CC(C)C[C@H](NC(=O)[C@@H](N)CC(C)C)C(=O)N[C@@H](CCCCN)C(=O)N[C@@H](CCCCN)C(=O)O. The second kappa shape index (κ2) is 18.1. The van der Waals surface area contributed by atoms with Gasteiger partial charge in [-0.1, -0.05) is 27.7 Å². The Morgan fingerprint density at radius 1 is 0.657 bits per heavy atom. The second-order valence-electron chi connectivity index (χ2n) is 9.96. The highest BCUT2D eigenvalue weighted by molar-refractivity contribution is 5.94. The summed E-state index contributed by atoms with van der Waals surface area (Å²) in [6.07, 6.45) is 3.78. The maximum Gasteiger partial charge on any atom is 0.326 e. The van der Waals surface area contributed by atoms with Crippen molar-refractivity contribution in [2.75, 3.05) is 13.1 Å². The molecule has 0 saturated carbocycles. The number of carbonyl (C=O) groups excluding carboxylic acids is 3. The topological polar surface area (TPSA) is 203 Å².